The largest absolute Gasteiger partial charge is 0.497 e. The van der Waals surface area contributed by atoms with E-state index >= 15 is 0 Å². The number of nitrogen functional groups attached to an aromatic ring is 1. The number of imidazole rings is 1. The van der Waals surface area contributed by atoms with Crippen LogP contribution in [0.15, 0.2) is 48.2 Å². The van der Waals surface area contributed by atoms with Gasteiger partial charge in [0.05, 0.1) is 23.8 Å². The lowest BCUT2D eigenvalue weighted by molar-refractivity contribution is 0.415. The number of aromatic amines is 1. The van der Waals surface area contributed by atoms with Crippen molar-refractivity contribution >= 4 is 34.8 Å². The Morgan fingerprint density at radius 2 is 2.12 bits per heavy atom. The van der Waals surface area contributed by atoms with Gasteiger partial charge in [0.1, 0.15) is 11.6 Å². The van der Waals surface area contributed by atoms with E-state index in [1.165, 1.54) is 6.21 Å². The fourth-order valence-corrected chi connectivity index (χ4v) is 2.30. The Bertz CT molecular complexity index is 969. The summed E-state index contributed by atoms with van der Waals surface area (Å²) in [6, 6.07) is 9.08. The Morgan fingerprint density at radius 1 is 1.28 bits per heavy atom. The first-order valence-electron chi connectivity index (χ1n) is 7.54. The van der Waals surface area contributed by atoms with Crippen molar-refractivity contribution in [1.82, 2.24) is 15.0 Å². The number of nitrogens with one attached hydrogen (secondary N) is 2. The van der Waals surface area contributed by atoms with Gasteiger partial charge < -0.3 is 26.6 Å². The van der Waals surface area contributed by atoms with Crippen molar-refractivity contribution in [2.24, 2.45) is 5.73 Å². The van der Waals surface area contributed by atoms with Gasteiger partial charge in [-0.25, -0.2) is 9.97 Å². The Balaban J connectivity index is 1.95. The fraction of sp³-hybridized carbons (Fsp3) is 0.0556. The number of aromatic nitrogens is 3. The molecule has 0 spiro atoms. The molecule has 0 atom stereocenters. The van der Waals surface area contributed by atoms with Crippen molar-refractivity contribution in [2.45, 2.75) is 0 Å². The zero-order valence-corrected chi connectivity index (χ0v) is 13.7. The molecule has 126 valence electrons. The number of anilines is 1. The number of ether oxygens (including phenoxy) is 1. The number of fused-ring (bicyclic) bond motifs is 1. The van der Waals surface area contributed by atoms with E-state index in [0.29, 0.717) is 22.9 Å². The van der Waals surface area contributed by atoms with Crippen LogP contribution in [0.25, 0.3) is 22.8 Å². The Labute approximate surface area is 144 Å². The van der Waals surface area contributed by atoms with Gasteiger partial charge in [-0.3, -0.25) is 0 Å². The number of hydrogen-bond donors (Lipinski definition) is 4. The summed E-state index contributed by atoms with van der Waals surface area (Å²) < 4.78 is 5.20. The normalized spacial score (nSPS) is 12.4. The predicted molar refractivity (Wildman–Crippen MR) is 100 cm³/mol. The van der Waals surface area contributed by atoms with Crippen molar-refractivity contribution < 1.29 is 4.74 Å². The van der Waals surface area contributed by atoms with Crippen LogP contribution < -0.4 is 16.2 Å². The molecule has 7 heteroatoms. The van der Waals surface area contributed by atoms with Gasteiger partial charge in [-0.2, -0.15) is 0 Å². The molecular weight excluding hydrogens is 316 g/mol. The summed E-state index contributed by atoms with van der Waals surface area (Å²) in [6.07, 6.45) is 6.38. The lowest BCUT2D eigenvalue weighted by Gasteiger charge is -2.01. The third kappa shape index (κ3) is 3.50. The molecule has 0 aliphatic heterocycles. The molecule has 0 aliphatic carbocycles. The molecule has 0 saturated heterocycles. The van der Waals surface area contributed by atoms with Gasteiger partial charge in [0.2, 0.25) is 0 Å². The number of nitrogens with zero attached hydrogens (tertiary/aromatic N) is 2. The minimum Gasteiger partial charge on any atom is -0.497 e. The average molecular weight is 334 g/mol. The van der Waals surface area contributed by atoms with E-state index in [-0.39, 0.29) is 0 Å². The highest BCUT2D eigenvalue weighted by atomic mass is 16.5. The maximum absolute atomic E-state index is 7.63. The van der Waals surface area contributed by atoms with Gasteiger partial charge in [-0.15, -0.1) is 0 Å². The van der Waals surface area contributed by atoms with Gasteiger partial charge >= 0.3 is 0 Å². The number of allylic oxidation sites excluding steroid dienone is 2. The minimum absolute atomic E-state index is 0.379. The first-order chi connectivity index (χ1) is 12.1. The fourth-order valence-electron chi connectivity index (χ4n) is 2.30. The van der Waals surface area contributed by atoms with E-state index in [4.69, 9.17) is 21.6 Å². The summed E-state index contributed by atoms with van der Waals surface area (Å²) in [4.78, 5) is 11.6. The lowest BCUT2D eigenvalue weighted by atomic mass is 10.1. The highest BCUT2D eigenvalue weighted by molar-refractivity contribution is 5.93. The number of methoxy groups -OCH3 is 1. The summed E-state index contributed by atoms with van der Waals surface area (Å²) in [5.41, 5.74) is 15.1. The molecule has 2 heterocycles. The molecule has 0 bridgehead atoms. The molecule has 2 aromatic heterocycles. The summed E-state index contributed by atoms with van der Waals surface area (Å²) in [6.45, 7) is 0. The number of H-pyrrole nitrogens is 1. The molecule has 25 heavy (non-hydrogen) atoms. The number of hydrogen-bond acceptors (Lipinski definition) is 6. The van der Waals surface area contributed by atoms with Crippen molar-refractivity contribution in [1.29, 1.82) is 5.41 Å². The van der Waals surface area contributed by atoms with Crippen LogP contribution in [0.5, 0.6) is 5.75 Å². The monoisotopic (exact) mass is 334 g/mol. The van der Waals surface area contributed by atoms with E-state index in [2.05, 4.69) is 15.0 Å². The highest BCUT2D eigenvalue weighted by Crippen LogP contribution is 2.21. The lowest BCUT2D eigenvalue weighted by Crippen LogP contribution is -2.03. The van der Waals surface area contributed by atoms with Crippen LogP contribution >= 0.6 is 0 Å². The second kappa shape index (κ2) is 6.88. The number of nitrogens with two attached hydrogens (primary N) is 2. The zero-order chi connectivity index (χ0) is 17.8. The van der Waals surface area contributed by atoms with Gasteiger partial charge in [0.25, 0.3) is 0 Å². The van der Waals surface area contributed by atoms with E-state index < -0.39 is 0 Å². The second-order valence-corrected chi connectivity index (χ2v) is 5.33. The summed E-state index contributed by atoms with van der Waals surface area (Å²) in [7, 11) is 1.61. The van der Waals surface area contributed by atoms with Crippen LogP contribution in [-0.4, -0.2) is 28.3 Å². The van der Waals surface area contributed by atoms with Crippen molar-refractivity contribution in [3.8, 4) is 5.75 Å². The molecule has 0 unspecified atom stereocenters. The van der Waals surface area contributed by atoms with Crippen LogP contribution in [0.4, 0.5) is 5.82 Å². The highest BCUT2D eigenvalue weighted by Gasteiger charge is 2.09. The number of benzene rings is 1. The summed E-state index contributed by atoms with van der Waals surface area (Å²) in [5, 5.41) is 7.63. The molecule has 0 amide bonds. The maximum atomic E-state index is 7.63. The molecule has 7 nitrogen and oxygen atoms in total. The molecule has 6 N–H and O–H groups in total. The SMILES string of the molecule is COc1ccc2nc(C(N)=C(C=N)/C=C/c3ccc(N)nc3)[nH]c2c1. The predicted octanol–water partition coefficient (Wildman–Crippen LogP) is 2.58. The quantitative estimate of drug-likeness (QED) is 0.421. The van der Waals surface area contributed by atoms with Crippen LogP contribution in [0.2, 0.25) is 0 Å². The molecule has 0 radical (unpaired) electrons. The maximum Gasteiger partial charge on any atom is 0.155 e. The smallest absolute Gasteiger partial charge is 0.155 e. The van der Waals surface area contributed by atoms with Crippen molar-refractivity contribution in [3.63, 3.8) is 0 Å². The Kier molecular flexibility index (Phi) is 4.47. The summed E-state index contributed by atoms with van der Waals surface area (Å²) in [5.74, 6) is 1.69. The third-order valence-electron chi connectivity index (χ3n) is 3.68. The van der Waals surface area contributed by atoms with E-state index in [1.54, 1.807) is 25.4 Å². The standard InChI is InChI=1S/C18H18N6O/c1-25-13-5-6-14-15(8-13)24-18(23-14)17(21)12(9-19)4-2-11-3-7-16(20)22-10-11/h2-10,19H,21H2,1H3,(H2,20,22)(H,23,24)/b4-2+,17-12?,19-9?. The molecule has 3 rings (SSSR count). The number of pyridine rings is 1. The van der Waals surface area contributed by atoms with Crippen LogP contribution in [0.3, 0.4) is 0 Å². The topological polar surface area (TPSA) is 127 Å². The van der Waals surface area contributed by atoms with Gasteiger partial charge in [0.15, 0.2) is 5.82 Å². The molecule has 3 aromatic rings. The summed E-state index contributed by atoms with van der Waals surface area (Å²) >= 11 is 0. The zero-order valence-electron chi connectivity index (χ0n) is 13.7. The molecule has 0 fully saturated rings. The number of rotatable bonds is 5. The van der Waals surface area contributed by atoms with Gasteiger partial charge in [-0.1, -0.05) is 12.2 Å². The van der Waals surface area contributed by atoms with Crippen LogP contribution in [0.1, 0.15) is 11.4 Å². The molecular formula is C18H18N6O. The van der Waals surface area contributed by atoms with E-state index in [9.17, 15) is 0 Å². The minimum atomic E-state index is 0.379. The van der Waals surface area contributed by atoms with Crippen LogP contribution in [-0.2, 0) is 0 Å². The van der Waals surface area contributed by atoms with Crippen molar-refractivity contribution in [3.05, 3.63) is 59.6 Å². The molecule has 1 aromatic carbocycles. The third-order valence-corrected chi connectivity index (χ3v) is 3.68. The second-order valence-electron chi connectivity index (χ2n) is 5.33. The van der Waals surface area contributed by atoms with Crippen molar-refractivity contribution in [2.75, 3.05) is 12.8 Å². The first-order valence-corrected chi connectivity index (χ1v) is 7.54. The van der Waals surface area contributed by atoms with Gasteiger partial charge in [-0.05, 0) is 29.8 Å². The van der Waals surface area contributed by atoms with E-state index in [0.717, 1.165) is 22.3 Å². The molecule has 0 saturated carbocycles. The first kappa shape index (κ1) is 16.3. The van der Waals surface area contributed by atoms with Crippen LogP contribution in [0, 0.1) is 5.41 Å². The Morgan fingerprint density at radius 3 is 2.80 bits per heavy atom. The molecule has 0 aliphatic rings. The Hall–Kier alpha value is -3.61. The van der Waals surface area contributed by atoms with Gasteiger partial charge in [0, 0.05) is 24.1 Å². The average Bonchev–Trinajstić information content (AvgIpc) is 3.06. The van der Waals surface area contributed by atoms with E-state index in [1.807, 2.05) is 30.3 Å².